The van der Waals surface area contributed by atoms with Crippen LogP contribution in [0.15, 0.2) is 24.3 Å². The Bertz CT molecular complexity index is 1130. The first-order valence-electron chi connectivity index (χ1n) is 14.9. The number of thiocarbonyl (C=S) groups is 1. The standard InChI is InChI=1S/C29H46N6O10S/c1-44-14-15-45-13-6-30-29(46)31-23-4-2-22(3-5-23)16-24-17-34(20-27(40)41)10-9-32(18-25(36)37)7-8-33(19-26(38)39)11-12-35(24)21-28(42)43/h2-5,24H,6-21H2,1H3,(H,36,37)(H,38,39)(H,40,41)(H,42,43)(H2,30,31,46). The van der Waals surface area contributed by atoms with Gasteiger partial charge in [0.2, 0.25) is 0 Å². The smallest absolute Gasteiger partial charge is 0.317 e. The molecule has 0 spiro atoms. The Balaban J connectivity index is 2.23. The van der Waals surface area contributed by atoms with Crippen LogP contribution in [0.1, 0.15) is 5.56 Å². The molecular weight excluding hydrogens is 624 g/mol. The lowest BCUT2D eigenvalue weighted by atomic mass is 10.0. The average Bonchev–Trinajstić information content (AvgIpc) is 2.97. The van der Waals surface area contributed by atoms with Crippen LogP contribution >= 0.6 is 12.2 Å². The van der Waals surface area contributed by atoms with Gasteiger partial charge in [-0.1, -0.05) is 12.1 Å². The number of hydrogen-bond acceptors (Lipinski definition) is 11. The highest BCUT2D eigenvalue weighted by molar-refractivity contribution is 7.80. The Kier molecular flexibility index (Phi) is 18.0. The van der Waals surface area contributed by atoms with Crippen molar-refractivity contribution in [3.8, 4) is 0 Å². The minimum Gasteiger partial charge on any atom is -0.480 e. The molecule has 1 aromatic carbocycles. The molecular formula is C29H46N6O10S. The van der Waals surface area contributed by atoms with Crippen LogP contribution in [0, 0.1) is 0 Å². The number of hydrogen-bond donors (Lipinski definition) is 6. The normalized spacial score (nSPS) is 17.8. The number of carboxylic acids is 4. The number of carboxylic acid groups (broad SMARTS) is 4. The molecule has 1 aliphatic heterocycles. The van der Waals surface area contributed by atoms with E-state index in [0.29, 0.717) is 37.9 Å². The zero-order valence-electron chi connectivity index (χ0n) is 26.1. The van der Waals surface area contributed by atoms with Gasteiger partial charge in [-0.05, 0) is 36.3 Å². The number of nitrogens with zero attached hydrogens (tertiary/aromatic N) is 4. The molecule has 258 valence electrons. The summed E-state index contributed by atoms with van der Waals surface area (Å²) in [5, 5.41) is 44.8. The molecule has 46 heavy (non-hydrogen) atoms. The molecule has 0 aliphatic carbocycles. The Morgan fingerprint density at radius 3 is 1.83 bits per heavy atom. The molecule has 0 radical (unpaired) electrons. The highest BCUT2D eigenvalue weighted by atomic mass is 32.1. The molecule has 17 heteroatoms. The van der Waals surface area contributed by atoms with E-state index in [2.05, 4.69) is 10.6 Å². The Labute approximate surface area is 273 Å². The van der Waals surface area contributed by atoms with Crippen molar-refractivity contribution in [2.75, 3.05) is 111 Å². The summed E-state index contributed by atoms with van der Waals surface area (Å²) in [6, 6.07) is 6.97. The summed E-state index contributed by atoms with van der Waals surface area (Å²) in [5.41, 5.74) is 1.60. The van der Waals surface area contributed by atoms with Crippen molar-refractivity contribution < 1.29 is 49.1 Å². The van der Waals surface area contributed by atoms with E-state index in [1.165, 1.54) is 0 Å². The molecule has 0 bridgehead atoms. The molecule has 1 aliphatic rings. The SMILES string of the molecule is COCCOCCNC(=S)Nc1ccc(CC2CN(CC(=O)O)CCN(CC(=O)O)CCN(CC(=O)O)CCN2CC(=O)O)cc1. The molecule has 16 nitrogen and oxygen atoms in total. The van der Waals surface area contributed by atoms with Gasteiger partial charge in [0.1, 0.15) is 0 Å². The lowest BCUT2D eigenvalue weighted by Crippen LogP contribution is -2.53. The van der Waals surface area contributed by atoms with Crippen molar-refractivity contribution in [3.63, 3.8) is 0 Å². The zero-order valence-corrected chi connectivity index (χ0v) is 27.0. The van der Waals surface area contributed by atoms with Gasteiger partial charge in [-0.25, -0.2) is 0 Å². The van der Waals surface area contributed by atoms with E-state index in [1.807, 2.05) is 24.3 Å². The number of anilines is 1. The van der Waals surface area contributed by atoms with E-state index < -0.39 is 29.9 Å². The summed E-state index contributed by atoms with van der Waals surface area (Å²) in [6.07, 6.45) is 0.378. The number of nitrogens with one attached hydrogen (secondary N) is 2. The molecule has 1 aromatic rings. The fourth-order valence-corrected chi connectivity index (χ4v) is 5.23. The first-order chi connectivity index (χ1) is 21.9. The molecule has 6 N–H and O–H groups in total. The predicted octanol–water partition coefficient (Wildman–Crippen LogP) is -0.893. The van der Waals surface area contributed by atoms with Crippen molar-refractivity contribution >= 4 is 46.9 Å². The van der Waals surface area contributed by atoms with Gasteiger partial charge in [-0.2, -0.15) is 0 Å². The van der Waals surface area contributed by atoms with Gasteiger partial charge >= 0.3 is 23.9 Å². The molecule has 0 aromatic heterocycles. The Morgan fingerprint density at radius 2 is 1.28 bits per heavy atom. The predicted molar refractivity (Wildman–Crippen MR) is 172 cm³/mol. The van der Waals surface area contributed by atoms with Crippen molar-refractivity contribution in [2.45, 2.75) is 12.5 Å². The van der Waals surface area contributed by atoms with Crippen molar-refractivity contribution in [1.82, 2.24) is 24.9 Å². The van der Waals surface area contributed by atoms with Gasteiger partial charge in [0.25, 0.3) is 0 Å². The lowest BCUT2D eigenvalue weighted by molar-refractivity contribution is -0.142. The van der Waals surface area contributed by atoms with Crippen LogP contribution in [0.5, 0.6) is 0 Å². The largest absolute Gasteiger partial charge is 0.480 e. The second-order valence-corrected chi connectivity index (χ2v) is 11.3. The molecule has 1 fully saturated rings. The fraction of sp³-hybridized carbons (Fsp3) is 0.621. The minimum absolute atomic E-state index is 0.194. The molecule has 1 unspecified atom stereocenters. The number of benzene rings is 1. The first-order valence-corrected chi connectivity index (χ1v) is 15.3. The van der Waals surface area contributed by atoms with Gasteiger partial charge in [-0.3, -0.25) is 38.8 Å². The summed E-state index contributed by atoms with van der Waals surface area (Å²) < 4.78 is 10.3. The van der Waals surface area contributed by atoms with Gasteiger partial charge in [0, 0.05) is 71.2 Å². The van der Waals surface area contributed by atoms with Gasteiger partial charge in [0.05, 0.1) is 46.0 Å². The molecule has 1 saturated heterocycles. The zero-order chi connectivity index (χ0) is 33.9. The monoisotopic (exact) mass is 670 g/mol. The summed E-state index contributed by atoms with van der Waals surface area (Å²) in [7, 11) is 1.60. The van der Waals surface area contributed by atoms with Crippen molar-refractivity contribution in [3.05, 3.63) is 29.8 Å². The maximum Gasteiger partial charge on any atom is 0.317 e. The molecule has 1 heterocycles. The number of carbonyl (C=O) groups is 4. The van der Waals surface area contributed by atoms with E-state index in [1.54, 1.807) is 26.7 Å². The van der Waals surface area contributed by atoms with Gasteiger partial charge < -0.3 is 40.5 Å². The summed E-state index contributed by atoms with van der Waals surface area (Å²) in [4.78, 5) is 53.5. The van der Waals surface area contributed by atoms with Crippen molar-refractivity contribution in [2.24, 2.45) is 0 Å². The van der Waals surface area contributed by atoms with E-state index in [9.17, 15) is 39.6 Å². The highest BCUT2D eigenvalue weighted by Gasteiger charge is 2.27. The molecule has 1 atom stereocenters. The van der Waals surface area contributed by atoms with Crippen LogP contribution in [0.25, 0.3) is 0 Å². The third-order valence-electron chi connectivity index (χ3n) is 7.22. The highest BCUT2D eigenvalue weighted by Crippen LogP contribution is 2.16. The maximum absolute atomic E-state index is 11.9. The van der Waals surface area contributed by atoms with E-state index in [-0.39, 0.29) is 72.0 Å². The molecule has 0 amide bonds. The van der Waals surface area contributed by atoms with Crippen LogP contribution in [-0.2, 0) is 35.1 Å². The van der Waals surface area contributed by atoms with E-state index >= 15 is 0 Å². The number of rotatable bonds is 17. The molecule has 2 rings (SSSR count). The quantitative estimate of drug-likeness (QED) is 0.0878. The minimum atomic E-state index is -1.07. The second-order valence-electron chi connectivity index (χ2n) is 10.9. The van der Waals surface area contributed by atoms with E-state index in [4.69, 9.17) is 21.7 Å². The summed E-state index contributed by atoms with van der Waals surface area (Å²) >= 11 is 5.35. The average molecular weight is 671 g/mol. The van der Waals surface area contributed by atoms with Gasteiger partial charge in [-0.15, -0.1) is 0 Å². The molecule has 0 saturated carbocycles. The van der Waals surface area contributed by atoms with Crippen molar-refractivity contribution in [1.29, 1.82) is 0 Å². The summed E-state index contributed by atoms with van der Waals surface area (Å²) in [6.45, 7) is 2.35. The number of ether oxygens (including phenoxy) is 2. The summed E-state index contributed by atoms with van der Waals surface area (Å²) in [5.74, 6) is -4.23. The first kappa shape index (κ1) is 38.7. The van der Waals surface area contributed by atoms with Crippen LogP contribution < -0.4 is 10.6 Å². The third-order valence-corrected chi connectivity index (χ3v) is 7.46. The number of aliphatic carboxylic acids is 4. The Morgan fingerprint density at radius 1 is 0.761 bits per heavy atom. The van der Waals surface area contributed by atoms with Crippen LogP contribution in [0.4, 0.5) is 5.69 Å². The van der Waals surface area contributed by atoms with E-state index in [0.717, 1.165) is 11.3 Å². The van der Waals surface area contributed by atoms with Gasteiger partial charge in [0.15, 0.2) is 5.11 Å². The third kappa shape index (κ3) is 16.7. The lowest BCUT2D eigenvalue weighted by Gasteiger charge is -2.37. The topological polar surface area (TPSA) is 205 Å². The Hall–Kier alpha value is -3.45. The second kappa shape index (κ2) is 21.4. The van der Waals surface area contributed by atoms with Crippen LogP contribution in [-0.4, -0.2) is 181 Å². The van der Waals surface area contributed by atoms with Crippen LogP contribution in [0.2, 0.25) is 0 Å². The maximum atomic E-state index is 11.9. The number of methoxy groups -OCH3 is 1. The van der Waals surface area contributed by atoms with Crippen LogP contribution in [0.3, 0.4) is 0 Å². The fourth-order valence-electron chi connectivity index (χ4n) is 5.01.